The molecule has 1 fully saturated rings. The first-order chi connectivity index (χ1) is 13.5. The Morgan fingerprint density at radius 3 is 2.48 bits per heavy atom. The topological polar surface area (TPSA) is 79.4 Å². The lowest BCUT2D eigenvalue weighted by Crippen LogP contribution is -2.42. The van der Waals surface area contributed by atoms with Crippen LogP contribution in [0, 0.1) is 11.8 Å². The Bertz CT molecular complexity index is 995. The Hall–Kier alpha value is -1.98. The van der Waals surface area contributed by atoms with E-state index in [0.717, 1.165) is 11.8 Å². The maximum Gasteiger partial charge on any atom is 0.434 e. The van der Waals surface area contributed by atoms with Crippen LogP contribution in [-0.2, 0) is 16.2 Å². The molecule has 29 heavy (non-hydrogen) atoms. The second kappa shape index (κ2) is 8.04. The lowest BCUT2D eigenvalue weighted by Gasteiger charge is -2.34. The second-order valence-electron chi connectivity index (χ2n) is 7.29. The standard InChI is InChI=1S/C18H20F3N3O3S2/c1-11-6-12(2)9-24(8-11)29(26,27)14-5-3-4-13(7-14)16(25)23-17-22-15(10-28-17)18(19,20)21/h3-5,7,10-12H,6,8-9H2,1-2H3,(H,22,23,25). The van der Waals surface area contributed by atoms with E-state index in [2.05, 4.69) is 10.3 Å². The maximum atomic E-state index is 13.0. The number of hydrogen-bond donors (Lipinski definition) is 1. The fourth-order valence-corrected chi connectivity index (χ4v) is 5.82. The number of carbonyl (C=O) groups is 1. The molecule has 1 aliphatic rings. The maximum absolute atomic E-state index is 13.0. The summed E-state index contributed by atoms with van der Waals surface area (Å²) in [4.78, 5) is 15.7. The summed E-state index contributed by atoms with van der Waals surface area (Å²) in [6.45, 7) is 4.79. The summed E-state index contributed by atoms with van der Waals surface area (Å²) in [5.41, 5.74) is -1.07. The average molecular weight is 448 g/mol. The highest BCUT2D eigenvalue weighted by molar-refractivity contribution is 7.89. The Morgan fingerprint density at radius 2 is 1.90 bits per heavy atom. The number of halogens is 3. The highest BCUT2D eigenvalue weighted by Crippen LogP contribution is 2.32. The fourth-order valence-electron chi connectivity index (χ4n) is 3.38. The number of amides is 1. The molecule has 1 aromatic heterocycles. The van der Waals surface area contributed by atoms with Gasteiger partial charge in [-0.1, -0.05) is 19.9 Å². The predicted molar refractivity (Wildman–Crippen MR) is 103 cm³/mol. The molecular formula is C18H20F3N3O3S2. The molecular weight excluding hydrogens is 427 g/mol. The molecule has 11 heteroatoms. The molecule has 2 aromatic rings. The van der Waals surface area contributed by atoms with Crippen LogP contribution in [0.25, 0.3) is 0 Å². The first-order valence-corrected chi connectivity index (χ1v) is 11.2. The molecule has 1 amide bonds. The third-order valence-corrected chi connectivity index (χ3v) is 7.17. The molecule has 1 saturated heterocycles. The van der Waals surface area contributed by atoms with Crippen molar-refractivity contribution in [3.05, 3.63) is 40.9 Å². The first kappa shape index (κ1) is 21.7. The number of rotatable bonds is 4. The molecule has 3 rings (SSSR count). The molecule has 1 aliphatic heterocycles. The van der Waals surface area contributed by atoms with Crippen LogP contribution in [0.4, 0.5) is 18.3 Å². The molecule has 2 heterocycles. The minimum atomic E-state index is -4.60. The number of carbonyl (C=O) groups excluding carboxylic acids is 1. The number of hydrogen-bond acceptors (Lipinski definition) is 5. The van der Waals surface area contributed by atoms with Crippen molar-refractivity contribution in [3.63, 3.8) is 0 Å². The van der Waals surface area contributed by atoms with E-state index in [1.54, 1.807) is 0 Å². The number of sulfonamides is 1. The molecule has 2 atom stereocenters. The van der Waals surface area contributed by atoms with Gasteiger partial charge in [-0.3, -0.25) is 10.1 Å². The molecule has 0 aliphatic carbocycles. The van der Waals surface area contributed by atoms with Crippen LogP contribution in [0.2, 0.25) is 0 Å². The van der Waals surface area contributed by atoms with Crippen molar-refractivity contribution >= 4 is 32.4 Å². The van der Waals surface area contributed by atoms with Gasteiger partial charge in [0.25, 0.3) is 5.91 Å². The SMILES string of the molecule is CC1CC(C)CN(S(=O)(=O)c2cccc(C(=O)Nc3nc(C(F)(F)F)cs3)c2)C1. The van der Waals surface area contributed by atoms with Crippen LogP contribution in [0.15, 0.2) is 34.5 Å². The van der Waals surface area contributed by atoms with Crippen LogP contribution < -0.4 is 5.32 Å². The van der Waals surface area contributed by atoms with Gasteiger partial charge in [0.15, 0.2) is 10.8 Å². The van der Waals surface area contributed by atoms with Crippen molar-refractivity contribution in [2.45, 2.75) is 31.3 Å². The van der Waals surface area contributed by atoms with E-state index in [9.17, 15) is 26.4 Å². The molecule has 2 unspecified atom stereocenters. The van der Waals surface area contributed by atoms with Crippen LogP contribution >= 0.6 is 11.3 Å². The summed E-state index contributed by atoms with van der Waals surface area (Å²) in [6, 6.07) is 5.46. The van der Waals surface area contributed by atoms with E-state index in [-0.39, 0.29) is 27.4 Å². The Kier molecular flexibility index (Phi) is 6.02. The van der Waals surface area contributed by atoms with Crippen molar-refractivity contribution < 1.29 is 26.4 Å². The van der Waals surface area contributed by atoms with E-state index in [4.69, 9.17) is 0 Å². The van der Waals surface area contributed by atoms with E-state index in [1.807, 2.05) is 13.8 Å². The van der Waals surface area contributed by atoms with Crippen molar-refractivity contribution in [2.24, 2.45) is 11.8 Å². The summed E-state index contributed by atoms with van der Waals surface area (Å²) in [5.74, 6) is -0.272. The Balaban J connectivity index is 1.80. The summed E-state index contributed by atoms with van der Waals surface area (Å²) < 4.78 is 65.3. The van der Waals surface area contributed by atoms with E-state index in [0.29, 0.717) is 24.4 Å². The molecule has 1 N–H and O–H groups in total. The highest BCUT2D eigenvalue weighted by Gasteiger charge is 2.34. The number of benzene rings is 1. The lowest BCUT2D eigenvalue weighted by molar-refractivity contribution is -0.140. The smallest absolute Gasteiger partial charge is 0.298 e. The third-order valence-electron chi connectivity index (χ3n) is 4.58. The largest absolute Gasteiger partial charge is 0.434 e. The van der Waals surface area contributed by atoms with Gasteiger partial charge in [-0.2, -0.15) is 17.5 Å². The first-order valence-electron chi connectivity index (χ1n) is 8.91. The minimum Gasteiger partial charge on any atom is -0.298 e. The van der Waals surface area contributed by atoms with Crippen molar-refractivity contribution in [3.8, 4) is 0 Å². The summed E-state index contributed by atoms with van der Waals surface area (Å²) in [7, 11) is -3.78. The second-order valence-corrected chi connectivity index (χ2v) is 10.1. The zero-order valence-corrected chi connectivity index (χ0v) is 17.4. The lowest BCUT2D eigenvalue weighted by atomic mass is 9.94. The number of alkyl halides is 3. The fraction of sp³-hybridized carbons (Fsp3) is 0.444. The number of nitrogens with one attached hydrogen (secondary N) is 1. The van der Waals surface area contributed by atoms with Crippen molar-refractivity contribution in [1.29, 1.82) is 0 Å². The van der Waals surface area contributed by atoms with E-state index >= 15 is 0 Å². The average Bonchev–Trinajstić information content (AvgIpc) is 3.10. The molecule has 6 nitrogen and oxygen atoms in total. The zero-order chi connectivity index (χ0) is 21.4. The van der Waals surface area contributed by atoms with Crippen molar-refractivity contribution in [2.75, 3.05) is 18.4 Å². The van der Waals surface area contributed by atoms with Crippen LogP contribution in [0.5, 0.6) is 0 Å². The Morgan fingerprint density at radius 1 is 1.24 bits per heavy atom. The van der Waals surface area contributed by atoms with Crippen LogP contribution in [0.1, 0.15) is 36.3 Å². The third kappa shape index (κ3) is 4.96. The number of piperidine rings is 1. The predicted octanol–water partition coefficient (Wildman–Crippen LogP) is 4.08. The zero-order valence-electron chi connectivity index (χ0n) is 15.7. The molecule has 0 saturated carbocycles. The van der Waals surface area contributed by atoms with E-state index in [1.165, 1.54) is 28.6 Å². The number of nitrogens with zero attached hydrogens (tertiary/aromatic N) is 2. The molecule has 1 aromatic carbocycles. The molecule has 0 spiro atoms. The monoisotopic (exact) mass is 447 g/mol. The van der Waals surface area contributed by atoms with Gasteiger partial charge in [0.05, 0.1) is 4.90 Å². The highest BCUT2D eigenvalue weighted by atomic mass is 32.2. The van der Waals surface area contributed by atoms with E-state index < -0.39 is 27.8 Å². The van der Waals surface area contributed by atoms with Gasteiger partial charge in [-0.15, -0.1) is 11.3 Å². The van der Waals surface area contributed by atoms with Gasteiger partial charge < -0.3 is 0 Å². The molecule has 158 valence electrons. The number of thiazole rings is 1. The summed E-state index contributed by atoms with van der Waals surface area (Å²) >= 11 is 0.643. The number of aromatic nitrogens is 1. The van der Waals surface area contributed by atoms with Gasteiger partial charge >= 0.3 is 6.18 Å². The quantitative estimate of drug-likeness (QED) is 0.766. The number of anilines is 1. The van der Waals surface area contributed by atoms with Gasteiger partial charge in [0.1, 0.15) is 0 Å². The van der Waals surface area contributed by atoms with Crippen LogP contribution in [0.3, 0.4) is 0 Å². The normalized spacial score (nSPS) is 21.1. The van der Waals surface area contributed by atoms with Crippen LogP contribution in [-0.4, -0.2) is 36.7 Å². The summed E-state index contributed by atoms with van der Waals surface area (Å²) in [5, 5.41) is 2.87. The van der Waals surface area contributed by atoms with Gasteiger partial charge in [0, 0.05) is 24.0 Å². The van der Waals surface area contributed by atoms with Gasteiger partial charge in [0.2, 0.25) is 10.0 Å². The Labute approximate surface area is 170 Å². The minimum absolute atomic E-state index is 0.0212. The molecule has 0 bridgehead atoms. The summed E-state index contributed by atoms with van der Waals surface area (Å²) in [6.07, 6.45) is -3.65. The molecule has 0 radical (unpaired) electrons. The van der Waals surface area contributed by atoms with Crippen molar-refractivity contribution in [1.82, 2.24) is 9.29 Å². The van der Waals surface area contributed by atoms with Gasteiger partial charge in [-0.05, 0) is 36.5 Å². The van der Waals surface area contributed by atoms with Gasteiger partial charge in [-0.25, -0.2) is 13.4 Å².